The quantitative estimate of drug-likeness (QED) is 0.863. The van der Waals surface area contributed by atoms with Crippen LogP contribution >= 0.6 is 15.9 Å². The number of anilines is 1. The standard InChI is InChI=1S/C11H9BrFN3O3S/c12-8-4-7(6-17)11(13)9(5-8)20(18,19)16-10-2-1-3-14-15-10/h1-5,17H,6H2,(H,15,16). The van der Waals surface area contributed by atoms with Crippen LogP contribution in [0.5, 0.6) is 0 Å². The molecule has 0 aliphatic rings. The summed E-state index contributed by atoms with van der Waals surface area (Å²) in [7, 11) is -4.17. The van der Waals surface area contributed by atoms with Crippen LogP contribution in [0.1, 0.15) is 5.56 Å². The monoisotopic (exact) mass is 361 g/mol. The number of sulfonamides is 1. The van der Waals surface area contributed by atoms with Crippen molar-refractivity contribution in [3.8, 4) is 0 Å². The molecule has 0 radical (unpaired) electrons. The van der Waals surface area contributed by atoms with Crippen LogP contribution in [0, 0.1) is 5.82 Å². The van der Waals surface area contributed by atoms with Crippen LogP contribution in [-0.4, -0.2) is 23.7 Å². The van der Waals surface area contributed by atoms with Crippen molar-refractivity contribution >= 4 is 31.8 Å². The molecule has 0 saturated heterocycles. The van der Waals surface area contributed by atoms with Crippen molar-refractivity contribution < 1.29 is 17.9 Å². The van der Waals surface area contributed by atoms with E-state index in [1.54, 1.807) is 0 Å². The van der Waals surface area contributed by atoms with Crippen LogP contribution in [0.3, 0.4) is 0 Å². The molecule has 0 amide bonds. The molecule has 1 aromatic heterocycles. The molecule has 0 atom stereocenters. The Morgan fingerprint density at radius 1 is 1.40 bits per heavy atom. The zero-order chi connectivity index (χ0) is 14.8. The average Bonchev–Trinajstić information content (AvgIpc) is 2.41. The summed E-state index contributed by atoms with van der Waals surface area (Å²) >= 11 is 3.07. The van der Waals surface area contributed by atoms with Crippen LogP contribution in [0.4, 0.5) is 10.2 Å². The molecule has 0 saturated carbocycles. The van der Waals surface area contributed by atoms with Gasteiger partial charge in [-0.25, -0.2) is 12.8 Å². The summed E-state index contributed by atoms with van der Waals surface area (Å²) in [6.07, 6.45) is 1.38. The van der Waals surface area contributed by atoms with Crippen molar-refractivity contribution in [3.05, 3.63) is 46.3 Å². The van der Waals surface area contributed by atoms with E-state index < -0.39 is 27.3 Å². The Labute approximate surface area is 122 Å². The van der Waals surface area contributed by atoms with E-state index >= 15 is 0 Å². The van der Waals surface area contributed by atoms with E-state index in [1.165, 1.54) is 24.4 Å². The largest absolute Gasteiger partial charge is 0.392 e. The molecule has 0 aliphatic heterocycles. The number of aliphatic hydroxyl groups excluding tert-OH is 1. The Morgan fingerprint density at radius 2 is 2.15 bits per heavy atom. The van der Waals surface area contributed by atoms with Gasteiger partial charge in [-0.2, -0.15) is 5.10 Å². The number of nitrogens with zero attached hydrogens (tertiary/aromatic N) is 2. The Hall–Kier alpha value is -1.58. The van der Waals surface area contributed by atoms with Crippen LogP contribution in [0.15, 0.2) is 39.8 Å². The first-order valence-corrected chi connectivity index (χ1v) is 7.61. The highest BCUT2D eigenvalue weighted by molar-refractivity contribution is 9.10. The second kappa shape index (κ2) is 5.81. The maximum Gasteiger partial charge on any atom is 0.266 e. The van der Waals surface area contributed by atoms with Crippen LogP contribution in [0.25, 0.3) is 0 Å². The fourth-order valence-corrected chi connectivity index (χ4v) is 3.28. The normalized spacial score (nSPS) is 11.3. The average molecular weight is 362 g/mol. The van der Waals surface area contributed by atoms with Gasteiger partial charge >= 0.3 is 0 Å². The fourth-order valence-electron chi connectivity index (χ4n) is 1.48. The summed E-state index contributed by atoms with van der Waals surface area (Å²) in [4.78, 5) is -0.582. The lowest BCUT2D eigenvalue weighted by molar-refractivity contribution is 0.274. The summed E-state index contributed by atoms with van der Waals surface area (Å²) in [5, 5.41) is 16.1. The van der Waals surface area contributed by atoms with Gasteiger partial charge in [0.25, 0.3) is 10.0 Å². The van der Waals surface area contributed by atoms with Crippen molar-refractivity contribution in [2.75, 3.05) is 4.72 Å². The molecule has 2 rings (SSSR count). The van der Waals surface area contributed by atoms with Gasteiger partial charge in [-0.1, -0.05) is 15.9 Å². The minimum Gasteiger partial charge on any atom is -0.392 e. The van der Waals surface area contributed by atoms with Gasteiger partial charge in [-0.15, -0.1) is 5.10 Å². The van der Waals surface area contributed by atoms with Crippen LogP contribution in [-0.2, 0) is 16.6 Å². The molecule has 6 nitrogen and oxygen atoms in total. The van der Waals surface area contributed by atoms with Crippen molar-refractivity contribution in [2.24, 2.45) is 0 Å². The first-order chi connectivity index (χ1) is 9.44. The lowest BCUT2D eigenvalue weighted by atomic mass is 10.2. The summed E-state index contributed by atoms with van der Waals surface area (Å²) in [6.45, 7) is -0.612. The SMILES string of the molecule is O=S(=O)(Nc1cccnn1)c1cc(Br)cc(CO)c1F. The molecule has 2 aromatic rings. The lowest BCUT2D eigenvalue weighted by Gasteiger charge is -2.10. The van der Waals surface area contributed by atoms with Gasteiger partial charge in [0.05, 0.1) is 6.61 Å². The molecule has 0 fully saturated rings. The van der Waals surface area contributed by atoms with Gasteiger partial charge in [-0.3, -0.25) is 4.72 Å². The minimum atomic E-state index is -4.17. The third-order valence-electron chi connectivity index (χ3n) is 2.35. The van der Waals surface area contributed by atoms with Gasteiger partial charge in [0.15, 0.2) is 5.82 Å². The second-order valence-electron chi connectivity index (χ2n) is 3.75. The minimum absolute atomic E-state index is 0.0302. The van der Waals surface area contributed by atoms with Crippen molar-refractivity contribution in [3.63, 3.8) is 0 Å². The third kappa shape index (κ3) is 3.11. The number of nitrogens with one attached hydrogen (secondary N) is 1. The maximum atomic E-state index is 14.0. The van der Waals surface area contributed by atoms with Crippen LogP contribution in [0.2, 0.25) is 0 Å². The molecule has 1 aromatic carbocycles. The molecular formula is C11H9BrFN3O3S. The van der Waals surface area contributed by atoms with Crippen molar-refractivity contribution in [1.29, 1.82) is 0 Å². The number of hydrogen-bond acceptors (Lipinski definition) is 5. The van der Waals surface area contributed by atoms with Crippen LogP contribution < -0.4 is 4.72 Å². The van der Waals surface area contributed by atoms with Gasteiger partial charge in [-0.05, 0) is 24.3 Å². The fraction of sp³-hybridized carbons (Fsp3) is 0.0909. The number of aliphatic hydroxyl groups is 1. The molecule has 0 unspecified atom stereocenters. The Kier molecular flexibility index (Phi) is 4.31. The van der Waals surface area contributed by atoms with E-state index in [4.69, 9.17) is 5.11 Å². The van der Waals surface area contributed by atoms with Gasteiger partial charge in [0, 0.05) is 16.2 Å². The highest BCUT2D eigenvalue weighted by atomic mass is 79.9. The molecule has 9 heteroatoms. The van der Waals surface area contributed by atoms with E-state index in [0.717, 1.165) is 6.07 Å². The number of benzene rings is 1. The molecule has 0 aliphatic carbocycles. The molecule has 1 heterocycles. The predicted octanol–water partition coefficient (Wildman–Crippen LogP) is 1.67. The van der Waals surface area contributed by atoms with Crippen molar-refractivity contribution in [2.45, 2.75) is 11.5 Å². The zero-order valence-corrected chi connectivity index (χ0v) is 12.3. The van der Waals surface area contributed by atoms with E-state index in [2.05, 4.69) is 30.8 Å². The number of aromatic nitrogens is 2. The Bertz CT molecular complexity index is 725. The number of hydrogen-bond donors (Lipinski definition) is 2. The first-order valence-electron chi connectivity index (χ1n) is 5.33. The van der Waals surface area contributed by atoms with E-state index in [9.17, 15) is 12.8 Å². The summed E-state index contributed by atoms with van der Waals surface area (Å²) in [6, 6.07) is 5.28. The third-order valence-corrected chi connectivity index (χ3v) is 4.16. The molecule has 106 valence electrons. The second-order valence-corrected chi connectivity index (χ2v) is 6.32. The predicted molar refractivity (Wildman–Crippen MR) is 72.9 cm³/mol. The van der Waals surface area contributed by atoms with E-state index in [-0.39, 0.29) is 11.4 Å². The van der Waals surface area contributed by atoms with Crippen molar-refractivity contribution in [1.82, 2.24) is 10.2 Å². The lowest BCUT2D eigenvalue weighted by Crippen LogP contribution is -2.16. The Balaban J connectivity index is 2.47. The van der Waals surface area contributed by atoms with E-state index in [1.807, 2.05) is 0 Å². The van der Waals surface area contributed by atoms with Gasteiger partial charge < -0.3 is 5.11 Å². The number of rotatable bonds is 4. The maximum absolute atomic E-state index is 14.0. The number of halogens is 2. The molecule has 20 heavy (non-hydrogen) atoms. The first kappa shape index (κ1) is 14.8. The molecule has 0 spiro atoms. The molecule has 2 N–H and O–H groups in total. The topological polar surface area (TPSA) is 92.2 Å². The summed E-state index contributed by atoms with van der Waals surface area (Å²) < 4.78 is 40.7. The van der Waals surface area contributed by atoms with Gasteiger partial charge in [0.2, 0.25) is 0 Å². The highest BCUT2D eigenvalue weighted by Crippen LogP contribution is 2.25. The summed E-state index contributed by atoms with van der Waals surface area (Å²) in [5.74, 6) is -1.04. The highest BCUT2D eigenvalue weighted by Gasteiger charge is 2.22. The van der Waals surface area contributed by atoms with Gasteiger partial charge in [0.1, 0.15) is 10.7 Å². The zero-order valence-electron chi connectivity index (χ0n) is 9.92. The summed E-state index contributed by atoms with van der Waals surface area (Å²) in [5.41, 5.74) is -0.126. The Morgan fingerprint density at radius 3 is 2.75 bits per heavy atom. The molecule has 0 bridgehead atoms. The van der Waals surface area contributed by atoms with E-state index in [0.29, 0.717) is 4.47 Å². The smallest absolute Gasteiger partial charge is 0.266 e. The molecular weight excluding hydrogens is 353 g/mol.